The maximum atomic E-state index is 12.5. The second kappa shape index (κ2) is 5.98. The topological polar surface area (TPSA) is 58.4 Å². The Kier molecular flexibility index (Phi) is 4.16. The summed E-state index contributed by atoms with van der Waals surface area (Å²) < 4.78 is 28.3. The van der Waals surface area contributed by atoms with E-state index in [1.165, 1.54) is 4.31 Å². The minimum absolute atomic E-state index is 0.277. The second-order valence-electron chi connectivity index (χ2n) is 6.14. The summed E-state index contributed by atoms with van der Waals surface area (Å²) in [7, 11) is -0.332. The van der Waals surface area contributed by atoms with Gasteiger partial charge in [0.25, 0.3) is 0 Å². The summed E-state index contributed by atoms with van der Waals surface area (Å²) in [5, 5.41) is 4.39. The lowest BCUT2D eigenvalue weighted by atomic mass is 10.3. The van der Waals surface area contributed by atoms with Gasteiger partial charge in [0.05, 0.1) is 17.9 Å². The van der Waals surface area contributed by atoms with Gasteiger partial charge in [-0.2, -0.15) is 5.10 Å². The summed E-state index contributed by atoms with van der Waals surface area (Å²) in [6, 6.07) is 7.49. The fourth-order valence-corrected chi connectivity index (χ4v) is 4.05. The lowest BCUT2D eigenvalue weighted by molar-refractivity contribution is 0.494. The van der Waals surface area contributed by atoms with Gasteiger partial charge in [0, 0.05) is 33.4 Å². The fraction of sp³-hybridized carbons (Fsp3) is 0.438. The first-order valence-electron chi connectivity index (χ1n) is 7.67. The minimum Gasteiger partial charge on any atom is -0.368 e. The van der Waals surface area contributed by atoms with Crippen LogP contribution in [0.1, 0.15) is 18.0 Å². The van der Waals surface area contributed by atoms with Crippen LogP contribution in [0.3, 0.4) is 0 Å². The Morgan fingerprint density at radius 2 is 2.00 bits per heavy atom. The lowest BCUT2D eigenvalue weighted by Crippen LogP contribution is -2.27. The number of benzene rings is 1. The summed E-state index contributed by atoms with van der Waals surface area (Å²) in [6.45, 7) is 3.61. The Morgan fingerprint density at radius 1 is 1.26 bits per heavy atom. The van der Waals surface area contributed by atoms with Crippen LogP contribution in [0.15, 0.2) is 41.6 Å². The molecular formula is C16H22N4O2S. The average molecular weight is 334 g/mol. The molecular weight excluding hydrogens is 312 g/mol. The summed E-state index contributed by atoms with van der Waals surface area (Å²) >= 11 is 0. The zero-order valence-electron chi connectivity index (χ0n) is 13.7. The zero-order chi connectivity index (χ0) is 16.6. The molecule has 0 amide bonds. The van der Waals surface area contributed by atoms with Crippen LogP contribution in [-0.4, -0.2) is 49.7 Å². The first-order chi connectivity index (χ1) is 10.9. The van der Waals surface area contributed by atoms with Crippen molar-refractivity contribution in [3.8, 4) is 0 Å². The number of aryl methyl sites for hydroxylation is 1. The van der Waals surface area contributed by atoms with Crippen molar-refractivity contribution < 1.29 is 8.42 Å². The third-order valence-corrected chi connectivity index (χ3v) is 6.10. The first-order valence-corrected chi connectivity index (χ1v) is 9.11. The summed E-state index contributed by atoms with van der Waals surface area (Å²) in [4.78, 5) is 2.50. The molecule has 0 spiro atoms. The highest BCUT2D eigenvalue weighted by Gasteiger charge is 2.29. The predicted octanol–water partition coefficient (Wildman–Crippen LogP) is 1.89. The van der Waals surface area contributed by atoms with Crippen LogP contribution in [0.2, 0.25) is 0 Å². The molecule has 0 bridgehead atoms. The van der Waals surface area contributed by atoms with Gasteiger partial charge in [-0.3, -0.25) is 4.68 Å². The van der Waals surface area contributed by atoms with Crippen LogP contribution in [0.5, 0.6) is 0 Å². The van der Waals surface area contributed by atoms with Gasteiger partial charge < -0.3 is 4.90 Å². The smallest absolute Gasteiger partial charge is 0.244 e. The molecule has 3 rings (SSSR count). The maximum Gasteiger partial charge on any atom is 0.244 e. The molecule has 1 fully saturated rings. The number of hydrogen-bond acceptors (Lipinski definition) is 4. The van der Waals surface area contributed by atoms with E-state index in [0.717, 1.165) is 30.8 Å². The number of rotatable bonds is 4. The lowest BCUT2D eigenvalue weighted by Gasteiger charge is -2.23. The van der Waals surface area contributed by atoms with Gasteiger partial charge in [0.15, 0.2) is 0 Å². The van der Waals surface area contributed by atoms with Crippen molar-refractivity contribution in [2.45, 2.75) is 24.3 Å². The summed E-state index contributed by atoms with van der Waals surface area (Å²) in [5.41, 5.74) is 1.91. The molecule has 0 saturated carbocycles. The molecule has 0 aliphatic carbocycles. The van der Waals surface area contributed by atoms with Crippen molar-refractivity contribution in [2.75, 3.05) is 32.1 Å². The third-order valence-electron chi connectivity index (χ3n) is 4.23. The SMILES string of the molecule is Cc1cnn(C2CCN(c3ccccc3S(=O)(=O)N(C)C)C2)c1. The largest absolute Gasteiger partial charge is 0.368 e. The van der Waals surface area contributed by atoms with Crippen molar-refractivity contribution in [3.63, 3.8) is 0 Å². The number of aromatic nitrogens is 2. The van der Waals surface area contributed by atoms with Crippen molar-refractivity contribution in [1.82, 2.24) is 14.1 Å². The second-order valence-corrected chi connectivity index (χ2v) is 8.26. The zero-order valence-corrected chi connectivity index (χ0v) is 14.5. The highest BCUT2D eigenvalue weighted by Crippen LogP contribution is 2.32. The van der Waals surface area contributed by atoms with Gasteiger partial charge in [-0.05, 0) is 31.0 Å². The molecule has 1 saturated heterocycles. The molecule has 2 heterocycles. The number of nitrogens with zero attached hydrogens (tertiary/aromatic N) is 4. The van der Waals surface area contributed by atoms with Crippen LogP contribution in [0.25, 0.3) is 0 Å². The molecule has 1 aromatic heterocycles. The number of anilines is 1. The van der Waals surface area contributed by atoms with Gasteiger partial charge in [0.2, 0.25) is 10.0 Å². The van der Waals surface area contributed by atoms with Crippen molar-refractivity contribution in [1.29, 1.82) is 0 Å². The van der Waals surface area contributed by atoms with E-state index < -0.39 is 10.0 Å². The molecule has 0 radical (unpaired) electrons. The van der Waals surface area contributed by atoms with Crippen molar-refractivity contribution in [3.05, 3.63) is 42.2 Å². The Labute approximate surface area is 137 Å². The molecule has 1 aromatic carbocycles. The van der Waals surface area contributed by atoms with E-state index in [4.69, 9.17) is 0 Å². The molecule has 7 heteroatoms. The average Bonchev–Trinajstić information content (AvgIpc) is 3.15. The number of hydrogen-bond donors (Lipinski definition) is 0. The molecule has 1 aliphatic rings. The third kappa shape index (κ3) is 2.98. The number of sulfonamides is 1. The molecule has 6 nitrogen and oxygen atoms in total. The standard InChI is InChI=1S/C16H22N4O2S/c1-13-10-17-20(11-13)14-8-9-19(12-14)15-6-4-5-7-16(15)23(21,22)18(2)3/h4-7,10-11,14H,8-9,12H2,1-3H3. The van der Waals surface area contributed by atoms with Crippen LogP contribution < -0.4 is 4.90 Å². The Hall–Kier alpha value is -1.86. The van der Waals surface area contributed by atoms with Crippen molar-refractivity contribution >= 4 is 15.7 Å². The highest BCUT2D eigenvalue weighted by atomic mass is 32.2. The Morgan fingerprint density at radius 3 is 2.65 bits per heavy atom. The van der Waals surface area contributed by atoms with E-state index in [2.05, 4.69) is 10.00 Å². The van der Waals surface area contributed by atoms with Gasteiger partial charge >= 0.3 is 0 Å². The van der Waals surface area contributed by atoms with Crippen molar-refractivity contribution in [2.24, 2.45) is 0 Å². The normalized spacial score (nSPS) is 18.8. The molecule has 1 aliphatic heterocycles. The summed E-state index contributed by atoms with van der Waals surface area (Å²) in [5.74, 6) is 0. The van der Waals surface area contributed by atoms with Crippen LogP contribution in [-0.2, 0) is 10.0 Å². The Balaban J connectivity index is 1.89. The Bertz CT molecular complexity index is 798. The molecule has 23 heavy (non-hydrogen) atoms. The molecule has 1 unspecified atom stereocenters. The monoisotopic (exact) mass is 334 g/mol. The van der Waals surface area contributed by atoms with Gasteiger partial charge in [-0.25, -0.2) is 12.7 Å². The van der Waals surface area contributed by atoms with E-state index in [9.17, 15) is 8.42 Å². The van der Waals surface area contributed by atoms with Gasteiger partial charge in [0.1, 0.15) is 4.90 Å². The molecule has 1 atom stereocenters. The van der Waals surface area contributed by atoms with Crippen LogP contribution in [0, 0.1) is 6.92 Å². The van der Waals surface area contributed by atoms with Crippen LogP contribution >= 0.6 is 0 Å². The van der Waals surface area contributed by atoms with Crippen LogP contribution in [0.4, 0.5) is 5.69 Å². The van der Waals surface area contributed by atoms with E-state index in [1.807, 2.05) is 36.1 Å². The fourth-order valence-electron chi connectivity index (χ4n) is 2.94. The summed E-state index contributed by atoms with van der Waals surface area (Å²) in [6.07, 6.45) is 4.85. The first kappa shape index (κ1) is 16.0. The van der Waals surface area contributed by atoms with E-state index in [-0.39, 0.29) is 6.04 Å². The molecule has 2 aromatic rings. The minimum atomic E-state index is -3.45. The molecule has 0 N–H and O–H groups in total. The predicted molar refractivity (Wildman–Crippen MR) is 90.1 cm³/mol. The van der Waals surface area contributed by atoms with E-state index in [1.54, 1.807) is 26.2 Å². The maximum absolute atomic E-state index is 12.5. The van der Waals surface area contributed by atoms with E-state index in [0.29, 0.717) is 4.90 Å². The molecule has 124 valence electrons. The van der Waals surface area contributed by atoms with E-state index >= 15 is 0 Å². The van der Waals surface area contributed by atoms with Gasteiger partial charge in [-0.15, -0.1) is 0 Å². The quantitative estimate of drug-likeness (QED) is 0.857. The number of para-hydroxylation sites is 1. The van der Waals surface area contributed by atoms with Gasteiger partial charge in [-0.1, -0.05) is 12.1 Å². The highest BCUT2D eigenvalue weighted by molar-refractivity contribution is 7.89.